The molecule has 5 heteroatoms. The van der Waals surface area contributed by atoms with Crippen molar-refractivity contribution in [3.8, 4) is 5.75 Å². The highest BCUT2D eigenvalue weighted by Crippen LogP contribution is 2.28. The normalized spacial score (nSPS) is 13.2. The van der Waals surface area contributed by atoms with Gasteiger partial charge in [-0.1, -0.05) is 53.7 Å². The molecule has 35 heavy (non-hydrogen) atoms. The number of rotatable bonds is 16. The summed E-state index contributed by atoms with van der Waals surface area (Å²) in [4.78, 5) is 26.6. The first-order valence-electron chi connectivity index (χ1n) is 13.0. The van der Waals surface area contributed by atoms with Crippen LogP contribution in [0.3, 0.4) is 0 Å². The molecule has 0 saturated heterocycles. The molecule has 0 heterocycles. The van der Waals surface area contributed by atoms with Gasteiger partial charge in [-0.25, -0.2) is 0 Å². The molecule has 0 aliphatic heterocycles. The van der Waals surface area contributed by atoms with Gasteiger partial charge in [0.1, 0.15) is 17.1 Å². The molecule has 2 N–H and O–H groups in total. The predicted octanol–water partition coefficient (Wildman–Crippen LogP) is 7.70. The van der Waals surface area contributed by atoms with E-state index in [0.29, 0.717) is 54.8 Å². The van der Waals surface area contributed by atoms with Crippen LogP contribution in [0.2, 0.25) is 0 Å². The van der Waals surface area contributed by atoms with E-state index in [4.69, 9.17) is 4.74 Å². The Kier molecular flexibility index (Phi) is 13.4. The highest BCUT2D eigenvalue weighted by Gasteiger charge is 2.26. The van der Waals surface area contributed by atoms with Crippen molar-refractivity contribution in [1.82, 2.24) is 0 Å². The van der Waals surface area contributed by atoms with Crippen LogP contribution in [0.4, 0.5) is 0 Å². The van der Waals surface area contributed by atoms with E-state index in [1.807, 2.05) is 38.1 Å². The average molecular weight is 487 g/mol. The Hall–Kier alpha value is -2.56. The second-order valence-electron chi connectivity index (χ2n) is 10.6. The lowest BCUT2D eigenvalue weighted by molar-refractivity contribution is -0.121. The third-order valence-electron chi connectivity index (χ3n) is 6.08. The molecule has 0 amide bonds. The summed E-state index contributed by atoms with van der Waals surface area (Å²) in [5.41, 5.74) is 1.09. The lowest BCUT2D eigenvalue weighted by Crippen LogP contribution is -2.18. The number of hydrogen-bond donors (Lipinski definition) is 2. The lowest BCUT2D eigenvalue weighted by Gasteiger charge is -2.17. The molecule has 0 radical (unpaired) electrons. The molecule has 0 saturated carbocycles. The van der Waals surface area contributed by atoms with Crippen molar-refractivity contribution in [2.45, 2.75) is 92.9 Å². The third-order valence-corrected chi connectivity index (χ3v) is 6.08. The number of Topliss-reactive ketones (excluding diaryl/α,β-unsaturated/α-hetero) is 2. The van der Waals surface area contributed by atoms with Crippen molar-refractivity contribution in [2.24, 2.45) is 17.8 Å². The summed E-state index contributed by atoms with van der Waals surface area (Å²) in [6.45, 7) is 12.3. The number of aliphatic hydroxyl groups is 2. The first-order valence-corrected chi connectivity index (χ1v) is 13.0. The van der Waals surface area contributed by atoms with Crippen molar-refractivity contribution >= 4 is 11.6 Å². The Balaban J connectivity index is 3.37. The van der Waals surface area contributed by atoms with Crippen molar-refractivity contribution in [1.29, 1.82) is 0 Å². The van der Waals surface area contributed by atoms with Crippen LogP contribution >= 0.6 is 0 Å². The highest BCUT2D eigenvalue weighted by atomic mass is 16.5. The number of carbonyl (C=O) groups excluding carboxylic acids is 2. The van der Waals surface area contributed by atoms with Gasteiger partial charge < -0.3 is 14.9 Å². The van der Waals surface area contributed by atoms with E-state index in [1.165, 1.54) is 0 Å². The molecule has 0 spiro atoms. The van der Waals surface area contributed by atoms with Crippen molar-refractivity contribution in [2.75, 3.05) is 7.11 Å². The Morgan fingerprint density at radius 2 is 1.34 bits per heavy atom. The van der Waals surface area contributed by atoms with E-state index in [-0.39, 0.29) is 35.7 Å². The van der Waals surface area contributed by atoms with Gasteiger partial charge in [0.25, 0.3) is 0 Å². The maximum atomic E-state index is 13.4. The molecule has 0 aromatic heterocycles. The minimum absolute atomic E-state index is 0.0756. The van der Waals surface area contributed by atoms with Gasteiger partial charge in [-0.15, -0.1) is 0 Å². The summed E-state index contributed by atoms with van der Waals surface area (Å²) < 4.78 is 5.26. The van der Waals surface area contributed by atoms with Gasteiger partial charge in [-0.05, 0) is 67.6 Å². The number of aryl methyl sites for hydroxylation is 1. The summed E-state index contributed by atoms with van der Waals surface area (Å²) in [5, 5.41) is 22.2. The molecule has 5 nitrogen and oxygen atoms in total. The van der Waals surface area contributed by atoms with E-state index >= 15 is 0 Å². The van der Waals surface area contributed by atoms with E-state index in [0.717, 1.165) is 18.4 Å². The Morgan fingerprint density at radius 3 is 1.91 bits per heavy atom. The van der Waals surface area contributed by atoms with Crippen LogP contribution in [-0.2, 0) is 16.0 Å². The van der Waals surface area contributed by atoms with Gasteiger partial charge in [-0.3, -0.25) is 9.59 Å². The quantitative estimate of drug-likeness (QED) is 0.0822. The van der Waals surface area contributed by atoms with E-state index < -0.39 is 5.78 Å². The molecule has 0 unspecified atom stereocenters. The fourth-order valence-corrected chi connectivity index (χ4v) is 3.73. The summed E-state index contributed by atoms with van der Waals surface area (Å²) in [7, 11) is 1.59. The predicted molar refractivity (Wildman–Crippen MR) is 143 cm³/mol. The number of benzene rings is 1. The van der Waals surface area contributed by atoms with Crippen LogP contribution in [-0.4, -0.2) is 28.9 Å². The minimum atomic E-state index is -0.391. The van der Waals surface area contributed by atoms with Gasteiger partial charge in [-0.2, -0.15) is 0 Å². The van der Waals surface area contributed by atoms with Crippen molar-refractivity contribution < 1.29 is 24.5 Å². The van der Waals surface area contributed by atoms with E-state index in [2.05, 4.69) is 27.7 Å². The van der Waals surface area contributed by atoms with Crippen LogP contribution in [0.1, 0.15) is 92.1 Å². The molecule has 0 fully saturated rings. The number of ether oxygens (including phenoxy) is 1. The molecule has 0 aliphatic rings. The molecule has 1 rings (SSSR count). The number of allylic oxidation sites excluding steroid dienone is 3. The Bertz CT molecular complexity index is 890. The fourth-order valence-electron chi connectivity index (χ4n) is 3.73. The topological polar surface area (TPSA) is 83.8 Å². The fraction of sp³-hybridized carbons (Fsp3) is 0.600. The first-order chi connectivity index (χ1) is 16.5. The standard InChI is InChI=1S/C30H46O5/c1-20(2)11-15-25(26(31)16-12-21(3)4)30(34)29(27(32)17-13-22(5)6)28(33)18-14-23-9-8-10-24(19-23)35-7/h8-10,19-22,31,34H,11-18H2,1-7H3/b26-25+,30-29-. The van der Waals surface area contributed by atoms with Crippen molar-refractivity contribution in [3.05, 3.63) is 52.5 Å². The summed E-state index contributed by atoms with van der Waals surface area (Å²) in [5.74, 6) is 0.720. The average Bonchev–Trinajstić information content (AvgIpc) is 2.80. The number of ketones is 2. The first kappa shape index (κ1) is 30.5. The summed E-state index contributed by atoms with van der Waals surface area (Å²) >= 11 is 0. The lowest BCUT2D eigenvalue weighted by atomic mass is 9.90. The second kappa shape index (κ2) is 15.4. The zero-order valence-corrected chi connectivity index (χ0v) is 22.8. The zero-order valence-electron chi connectivity index (χ0n) is 22.8. The number of aliphatic hydroxyl groups excluding tert-OH is 2. The van der Waals surface area contributed by atoms with Crippen LogP contribution in [0.25, 0.3) is 0 Å². The Morgan fingerprint density at radius 1 is 0.800 bits per heavy atom. The Labute approximate surface area is 212 Å². The summed E-state index contributed by atoms with van der Waals surface area (Å²) in [6.07, 6.45) is 3.63. The maximum absolute atomic E-state index is 13.4. The molecular formula is C30H46O5. The molecular weight excluding hydrogens is 440 g/mol. The van der Waals surface area contributed by atoms with E-state index in [1.54, 1.807) is 7.11 Å². The zero-order chi connectivity index (χ0) is 26.5. The van der Waals surface area contributed by atoms with Gasteiger partial charge in [0.15, 0.2) is 11.6 Å². The second-order valence-corrected chi connectivity index (χ2v) is 10.6. The molecule has 1 aromatic rings. The smallest absolute Gasteiger partial charge is 0.170 e. The largest absolute Gasteiger partial charge is 0.512 e. The minimum Gasteiger partial charge on any atom is -0.512 e. The summed E-state index contributed by atoms with van der Waals surface area (Å²) in [6, 6.07) is 7.47. The SMILES string of the molecule is COc1cccc(CCC(=O)/C(C(=O)CCC(C)C)=C(O)/C(CCC(C)C)=C(/O)CCC(C)C)c1. The molecule has 1 aromatic carbocycles. The highest BCUT2D eigenvalue weighted by molar-refractivity contribution is 6.20. The third kappa shape index (κ3) is 11.1. The number of methoxy groups -OCH3 is 1. The molecule has 0 bridgehead atoms. The molecule has 0 aliphatic carbocycles. The van der Waals surface area contributed by atoms with Crippen LogP contribution in [0.5, 0.6) is 5.75 Å². The van der Waals surface area contributed by atoms with Crippen LogP contribution < -0.4 is 4.74 Å². The molecule has 0 atom stereocenters. The number of hydrogen-bond acceptors (Lipinski definition) is 5. The van der Waals surface area contributed by atoms with Gasteiger partial charge in [0.05, 0.1) is 12.9 Å². The molecule has 196 valence electrons. The van der Waals surface area contributed by atoms with Gasteiger partial charge in [0, 0.05) is 24.8 Å². The maximum Gasteiger partial charge on any atom is 0.170 e. The van der Waals surface area contributed by atoms with Crippen LogP contribution in [0.15, 0.2) is 46.9 Å². The van der Waals surface area contributed by atoms with Crippen molar-refractivity contribution in [3.63, 3.8) is 0 Å². The monoisotopic (exact) mass is 486 g/mol. The van der Waals surface area contributed by atoms with Gasteiger partial charge >= 0.3 is 0 Å². The van der Waals surface area contributed by atoms with Crippen LogP contribution in [0, 0.1) is 17.8 Å². The van der Waals surface area contributed by atoms with Gasteiger partial charge in [0.2, 0.25) is 0 Å². The number of carbonyl (C=O) groups is 2. The van der Waals surface area contributed by atoms with E-state index in [9.17, 15) is 19.8 Å².